The molecule has 0 radical (unpaired) electrons. The number of nitrogens with one attached hydrogen (secondary N) is 1. The van der Waals surface area contributed by atoms with Gasteiger partial charge in [0.25, 0.3) is 0 Å². The van der Waals surface area contributed by atoms with E-state index in [2.05, 4.69) is 20.3 Å². The molecule has 0 bridgehead atoms. The number of nitrogens with two attached hydrogens (primary N) is 1. The average Bonchev–Trinajstić information content (AvgIpc) is 2.91. The Labute approximate surface area is 127 Å². The molecule has 0 unspecified atom stereocenters. The predicted molar refractivity (Wildman–Crippen MR) is 81.7 cm³/mol. The summed E-state index contributed by atoms with van der Waals surface area (Å²) in [6.07, 6.45) is 4.25. The van der Waals surface area contributed by atoms with Crippen molar-refractivity contribution in [2.45, 2.75) is 25.7 Å². The Kier molecular flexibility index (Phi) is 6.83. The van der Waals surface area contributed by atoms with Crippen molar-refractivity contribution < 1.29 is 9.55 Å². The van der Waals surface area contributed by atoms with E-state index in [1.165, 1.54) is 6.07 Å². The minimum Gasteiger partial charge on any atom is -0.383 e. The smallest absolute Gasteiger partial charge is 0.300 e. The molecule has 3 N–H and O–H groups in total. The Bertz CT molecular complexity index is 589. The Morgan fingerprint density at radius 3 is 2.62 bits per heavy atom. The zero-order valence-electron chi connectivity index (χ0n) is 11.4. The fourth-order valence-corrected chi connectivity index (χ4v) is 1.99. The lowest BCUT2D eigenvalue weighted by Gasteiger charge is -2.06. The van der Waals surface area contributed by atoms with E-state index >= 15 is 0 Å². The normalized spacial score (nSPS) is 10.3. The number of hydrogen-bond donors (Lipinski definition) is 2. The molecular weight excluding hydrogens is 298 g/mol. The second-order valence-electron chi connectivity index (χ2n) is 4.48. The highest BCUT2D eigenvalue weighted by molar-refractivity contribution is 5.93. The molecule has 0 saturated heterocycles. The second kappa shape index (κ2) is 8.38. The Balaban J connectivity index is 0.00000220. The first-order chi connectivity index (χ1) is 9.74. The van der Waals surface area contributed by atoms with Crippen molar-refractivity contribution in [1.29, 1.82) is 0 Å². The minimum atomic E-state index is -0.497. The molecule has 2 rings (SSSR count). The molecule has 1 aromatic carbocycles. The maximum atomic E-state index is 10.9. The number of nitro benzene ring substituents is 1. The number of fused-ring (bicyclic) bond motifs is 1. The van der Waals surface area contributed by atoms with Crippen LogP contribution in [-0.4, -0.2) is 28.3 Å². The van der Waals surface area contributed by atoms with Crippen LogP contribution in [0.25, 0.3) is 11.0 Å². The first-order valence-corrected chi connectivity index (χ1v) is 6.57. The highest BCUT2D eigenvalue weighted by atomic mass is 35.5. The summed E-state index contributed by atoms with van der Waals surface area (Å²) in [5, 5.41) is 21.4. The fraction of sp³-hybridized carbons (Fsp3) is 0.500. The van der Waals surface area contributed by atoms with Gasteiger partial charge in [-0.3, -0.25) is 10.1 Å². The van der Waals surface area contributed by atoms with E-state index in [0.717, 1.165) is 38.8 Å². The Morgan fingerprint density at radius 2 is 1.90 bits per heavy atom. The van der Waals surface area contributed by atoms with Crippen LogP contribution in [0.1, 0.15) is 25.7 Å². The molecule has 2 aromatic rings. The van der Waals surface area contributed by atoms with Gasteiger partial charge in [0.15, 0.2) is 5.52 Å². The van der Waals surface area contributed by atoms with Gasteiger partial charge in [0, 0.05) is 12.6 Å². The summed E-state index contributed by atoms with van der Waals surface area (Å²) in [7, 11) is 0. The van der Waals surface area contributed by atoms with Crippen LogP contribution >= 0.6 is 12.4 Å². The quantitative estimate of drug-likeness (QED) is 0.436. The van der Waals surface area contributed by atoms with Crippen molar-refractivity contribution in [1.82, 2.24) is 10.3 Å². The van der Waals surface area contributed by atoms with Crippen molar-refractivity contribution in [3.8, 4) is 0 Å². The lowest BCUT2D eigenvalue weighted by Crippen LogP contribution is -2.03. The number of anilines is 1. The molecule has 8 nitrogen and oxygen atoms in total. The molecule has 0 aliphatic carbocycles. The number of unbranched alkanes of at least 4 members (excludes halogenated alkanes) is 3. The van der Waals surface area contributed by atoms with Gasteiger partial charge in [-0.1, -0.05) is 12.8 Å². The average molecular weight is 316 g/mol. The van der Waals surface area contributed by atoms with Gasteiger partial charge in [0.05, 0.1) is 10.6 Å². The number of rotatable bonds is 8. The van der Waals surface area contributed by atoms with E-state index in [0.29, 0.717) is 11.2 Å². The maximum Gasteiger partial charge on any atom is 0.300 e. The molecule has 0 fully saturated rings. The monoisotopic (exact) mass is 315 g/mol. The molecule has 0 aliphatic heterocycles. The van der Waals surface area contributed by atoms with Crippen molar-refractivity contribution >= 4 is 34.8 Å². The van der Waals surface area contributed by atoms with Gasteiger partial charge in [0.1, 0.15) is 0 Å². The summed E-state index contributed by atoms with van der Waals surface area (Å²) < 4.78 is 4.60. The lowest BCUT2D eigenvalue weighted by atomic mass is 10.2. The standard InChI is InChI=1S/C12H17N5O3.ClH/c13-7-3-1-2-4-8-14-9-5-6-10(17(18)19)12-11(9)15-20-16-12;/h5-6,14H,1-4,7-8,13H2;1H. The molecule has 116 valence electrons. The summed E-state index contributed by atoms with van der Waals surface area (Å²) in [6.45, 7) is 1.49. The number of aromatic nitrogens is 2. The molecule has 0 aliphatic rings. The van der Waals surface area contributed by atoms with E-state index in [9.17, 15) is 10.1 Å². The van der Waals surface area contributed by atoms with Gasteiger partial charge in [-0.2, -0.15) is 0 Å². The third-order valence-corrected chi connectivity index (χ3v) is 3.04. The molecule has 1 aromatic heterocycles. The predicted octanol–water partition coefficient (Wildman–Crippen LogP) is 2.48. The van der Waals surface area contributed by atoms with Crippen molar-refractivity contribution in [3.63, 3.8) is 0 Å². The van der Waals surface area contributed by atoms with Gasteiger partial charge >= 0.3 is 5.69 Å². The third-order valence-electron chi connectivity index (χ3n) is 3.04. The van der Waals surface area contributed by atoms with Gasteiger partial charge in [-0.05, 0) is 35.8 Å². The number of nitrogens with zero attached hydrogens (tertiary/aromatic N) is 3. The number of halogens is 1. The molecule has 0 saturated carbocycles. The first-order valence-electron chi connectivity index (χ1n) is 6.57. The van der Waals surface area contributed by atoms with Crippen LogP contribution in [-0.2, 0) is 0 Å². The van der Waals surface area contributed by atoms with Crippen LogP contribution in [0.4, 0.5) is 11.4 Å². The first kappa shape index (κ1) is 17.1. The van der Waals surface area contributed by atoms with Crippen molar-refractivity contribution in [2.75, 3.05) is 18.4 Å². The largest absolute Gasteiger partial charge is 0.383 e. The summed E-state index contributed by atoms with van der Waals surface area (Å²) >= 11 is 0. The summed E-state index contributed by atoms with van der Waals surface area (Å²) in [5.41, 5.74) is 6.58. The van der Waals surface area contributed by atoms with Gasteiger partial charge in [0.2, 0.25) is 5.52 Å². The Hall–Kier alpha value is -1.93. The summed E-state index contributed by atoms with van der Waals surface area (Å²) in [4.78, 5) is 10.4. The zero-order chi connectivity index (χ0) is 14.4. The summed E-state index contributed by atoms with van der Waals surface area (Å²) in [5.74, 6) is 0. The third kappa shape index (κ3) is 4.27. The van der Waals surface area contributed by atoms with Crippen LogP contribution in [0, 0.1) is 10.1 Å². The SMILES string of the molecule is Cl.NCCCCCCNc1ccc([N+](=O)[O-])c2nonc12. The van der Waals surface area contributed by atoms with E-state index in [-0.39, 0.29) is 23.6 Å². The maximum absolute atomic E-state index is 10.9. The Morgan fingerprint density at radius 1 is 1.19 bits per heavy atom. The zero-order valence-corrected chi connectivity index (χ0v) is 12.3. The van der Waals surface area contributed by atoms with Gasteiger partial charge in [-0.25, -0.2) is 4.63 Å². The van der Waals surface area contributed by atoms with Gasteiger partial charge in [-0.15, -0.1) is 12.4 Å². The van der Waals surface area contributed by atoms with E-state index in [4.69, 9.17) is 5.73 Å². The number of hydrogen-bond acceptors (Lipinski definition) is 7. The lowest BCUT2D eigenvalue weighted by molar-refractivity contribution is -0.383. The van der Waals surface area contributed by atoms with Crippen molar-refractivity contribution in [2.24, 2.45) is 5.73 Å². The highest BCUT2D eigenvalue weighted by Crippen LogP contribution is 2.28. The van der Waals surface area contributed by atoms with E-state index in [1.807, 2.05) is 0 Å². The second-order valence-corrected chi connectivity index (χ2v) is 4.48. The molecule has 9 heteroatoms. The van der Waals surface area contributed by atoms with E-state index in [1.54, 1.807) is 6.07 Å². The molecule has 0 spiro atoms. The van der Waals surface area contributed by atoms with Crippen LogP contribution in [0.2, 0.25) is 0 Å². The molecular formula is C12H18ClN5O3. The topological polar surface area (TPSA) is 120 Å². The van der Waals surface area contributed by atoms with Crippen LogP contribution in [0.5, 0.6) is 0 Å². The van der Waals surface area contributed by atoms with Crippen molar-refractivity contribution in [3.05, 3.63) is 22.2 Å². The minimum absolute atomic E-state index is 0. The van der Waals surface area contributed by atoms with Gasteiger partial charge < -0.3 is 11.1 Å². The highest BCUT2D eigenvalue weighted by Gasteiger charge is 2.19. The number of benzene rings is 1. The summed E-state index contributed by atoms with van der Waals surface area (Å²) in [6, 6.07) is 3.04. The molecule has 21 heavy (non-hydrogen) atoms. The molecule has 0 atom stereocenters. The number of nitro groups is 1. The molecule has 0 amide bonds. The molecule has 1 heterocycles. The van der Waals surface area contributed by atoms with Crippen LogP contribution in [0.3, 0.4) is 0 Å². The fourth-order valence-electron chi connectivity index (χ4n) is 1.99. The van der Waals surface area contributed by atoms with E-state index < -0.39 is 4.92 Å². The van der Waals surface area contributed by atoms with Crippen LogP contribution in [0.15, 0.2) is 16.8 Å². The van der Waals surface area contributed by atoms with Crippen LogP contribution < -0.4 is 11.1 Å². The number of non-ortho nitro benzene ring substituents is 1.